The van der Waals surface area contributed by atoms with Crippen LogP contribution in [-0.4, -0.2) is 44.7 Å². The second-order valence-corrected chi connectivity index (χ2v) is 8.14. The van der Waals surface area contributed by atoms with Gasteiger partial charge in [0.15, 0.2) is 0 Å². The van der Waals surface area contributed by atoms with Crippen molar-refractivity contribution in [2.75, 3.05) is 13.1 Å². The molecule has 0 spiro atoms. The zero-order valence-electron chi connectivity index (χ0n) is 17.0. The van der Waals surface area contributed by atoms with Gasteiger partial charge in [0.25, 0.3) is 0 Å². The zero-order valence-corrected chi connectivity index (χ0v) is 17.0. The van der Waals surface area contributed by atoms with Gasteiger partial charge in [0.05, 0.1) is 5.56 Å². The first kappa shape index (κ1) is 20.2. The average Bonchev–Trinajstić information content (AvgIpc) is 3.05. The molecule has 1 atom stereocenters. The highest BCUT2D eigenvalue weighted by Crippen LogP contribution is 2.34. The topological polar surface area (TPSA) is 82.8 Å². The van der Waals surface area contributed by atoms with Gasteiger partial charge in [-0.3, -0.25) is 9.69 Å². The first-order chi connectivity index (χ1) is 14.4. The van der Waals surface area contributed by atoms with Crippen molar-refractivity contribution in [3.05, 3.63) is 71.4 Å². The number of aryl methyl sites for hydroxylation is 1. The lowest BCUT2D eigenvalue weighted by atomic mass is 9.89. The Morgan fingerprint density at radius 1 is 1.07 bits per heavy atom. The molecule has 4 rings (SSSR count). The maximum absolute atomic E-state index is 12.3. The number of nitrogens with zero attached hydrogens (tertiary/aromatic N) is 2. The predicted octanol–water partition coefficient (Wildman–Crippen LogP) is 3.96. The molecule has 1 fully saturated rings. The molecule has 30 heavy (non-hydrogen) atoms. The van der Waals surface area contributed by atoms with E-state index in [1.165, 1.54) is 5.56 Å². The summed E-state index contributed by atoms with van der Waals surface area (Å²) in [6, 6.07) is 14.5. The van der Waals surface area contributed by atoms with E-state index in [9.17, 15) is 19.8 Å². The van der Waals surface area contributed by atoms with E-state index >= 15 is 0 Å². The number of hydrogen-bond donors (Lipinski definition) is 2. The van der Waals surface area contributed by atoms with Crippen molar-refractivity contribution >= 4 is 22.8 Å². The quantitative estimate of drug-likeness (QED) is 0.648. The summed E-state index contributed by atoms with van der Waals surface area (Å²) in [5, 5.41) is 20.1. The number of hydrogen-bond acceptors (Lipinski definition) is 3. The van der Waals surface area contributed by atoms with E-state index < -0.39 is 18.0 Å². The molecule has 0 unspecified atom stereocenters. The lowest BCUT2D eigenvalue weighted by molar-refractivity contribution is -0.144. The molecular formula is C24H26N2O4. The van der Waals surface area contributed by atoms with Gasteiger partial charge in [0, 0.05) is 29.7 Å². The number of piperidine rings is 1. The minimum Gasteiger partial charge on any atom is -0.480 e. The Morgan fingerprint density at radius 2 is 1.77 bits per heavy atom. The van der Waals surface area contributed by atoms with Crippen LogP contribution in [0.1, 0.15) is 40.4 Å². The fourth-order valence-corrected chi connectivity index (χ4v) is 4.62. The highest BCUT2D eigenvalue weighted by Gasteiger charge is 2.33. The van der Waals surface area contributed by atoms with Crippen LogP contribution in [0.3, 0.4) is 0 Å². The Labute approximate surface area is 175 Å². The van der Waals surface area contributed by atoms with Crippen molar-refractivity contribution in [1.29, 1.82) is 0 Å². The van der Waals surface area contributed by atoms with Crippen LogP contribution < -0.4 is 0 Å². The molecule has 6 nitrogen and oxygen atoms in total. The third-order valence-corrected chi connectivity index (χ3v) is 6.18. The summed E-state index contributed by atoms with van der Waals surface area (Å²) >= 11 is 0. The van der Waals surface area contributed by atoms with E-state index in [4.69, 9.17) is 0 Å². The molecule has 156 valence electrons. The van der Waals surface area contributed by atoms with Crippen LogP contribution in [0.4, 0.5) is 0 Å². The van der Waals surface area contributed by atoms with Crippen molar-refractivity contribution in [3.63, 3.8) is 0 Å². The van der Waals surface area contributed by atoms with Crippen LogP contribution in [0, 0.1) is 5.92 Å². The van der Waals surface area contributed by atoms with Gasteiger partial charge >= 0.3 is 11.9 Å². The van der Waals surface area contributed by atoms with E-state index in [1.54, 1.807) is 18.2 Å². The smallest absolute Gasteiger partial charge is 0.335 e. The van der Waals surface area contributed by atoms with Crippen molar-refractivity contribution in [3.8, 4) is 0 Å². The van der Waals surface area contributed by atoms with Gasteiger partial charge in [-0.25, -0.2) is 4.79 Å². The molecule has 1 aliphatic rings. The van der Waals surface area contributed by atoms with Gasteiger partial charge in [0.1, 0.15) is 6.04 Å². The van der Waals surface area contributed by atoms with E-state index in [0.717, 1.165) is 24.8 Å². The van der Waals surface area contributed by atoms with Gasteiger partial charge in [-0.15, -0.1) is 0 Å². The van der Waals surface area contributed by atoms with Gasteiger partial charge in [-0.2, -0.15) is 0 Å². The maximum atomic E-state index is 12.3. The SMILES string of the molecule is Cn1cc([C@@H](C(=O)O)N2CCC(Cc3ccccc3)CC2)c2cc(C(=O)O)ccc21. The number of carboxylic acid groups (broad SMARTS) is 2. The fraction of sp³-hybridized carbons (Fsp3) is 0.333. The molecule has 0 saturated carbocycles. The molecule has 0 bridgehead atoms. The number of rotatable bonds is 6. The van der Waals surface area contributed by atoms with Crippen LogP contribution >= 0.6 is 0 Å². The molecule has 1 aliphatic heterocycles. The van der Waals surface area contributed by atoms with Crippen LogP contribution in [0.2, 0.25) is 0 Å². The third-order valence-electron chi connectivity index (χ3n) is 6.18. The lowest BCUT2D eigenvalue weighted by Crippen LogP contribution is -2.40. The summed E-state index contributed by atoms with van der Waals surface area (Å²) in [6.45, 7) is 1.42. The molecule has 6 heteroatoms. The van der Waals surface area contributed by atoms with E-state index in [2.05, 4.69) is 24.3 Å². The molecule has 3 aromatic rings. The number of benzene rings is 2. The number of fused-ring (bicyclic) bond motifs is 1. The van der Waals surface area contributed by atoms with Crippen LogP contribution in [0.25, 0.3) is 10.9 Å². The fourth-order valence-electron chi connectivity index (χ4n) is 4.62. The Bertz CT molecular complexity index is 1070. The highest BCUT2D eigenvalue weighted by atomic mass is 16.4. The minimum absolute atomic E-state index is 0.167. The van der Waals surface area contributed by atoms with E-state index in [1.807, 2.05) is 28.8 Å². The van der Waals surface area contributed by atoms with Crippen molar-refractivity contribution in [2.24, 2.45) is 13.0 Å². The second-order valence-electron chi connectivity index (χ2n) is 8.14. The zero-order chi connectivity index (χ0) is 21.3. The predicted molar refractivity (Wildman–Crippen MR) is 115 cm³/mol. The highest BCUT2D eigenvalue weighted by molar-refractivity contribution is 5.96. The third kappa shape index (κ3) is 3.96. The van der Waals surface area contributed by atoms with Gasteiger partial charge in [-0.05, 0) is 62.0 Å². The Hall–Kier alpha value is -3.12. The summed E-state index contributed by atoms with van der Waals surface area (Å²) in [5.41, 5.74) is 2.98. The Morgan fingerprint density at radius 3 is 2.40 bits per heavy atom. The average molecular weight is 406 g/mol. The Balaban J connectivity index is 1.57. The largest absolute Gasteiger partial charge is 0.480 e. The number of carboxylic acids is 2. The molecule has 0 amide bonds. The van der Waals surface area contributed by atoms with Crippen LogP contribution in [0.5, 0.6) is 0 Å². The van der Waals surface area contributed by atoms with Crippen molar-refractivity contribution in [2.45, 2.75) is 25.3 Å². The molecule has 2 N–H and O–H groups in total. The maximum Gasteiger partial charge on any atom is 0.335 e. The van der Waals surface area contributed by atoms with Gasteiger partial charge < -0.3 is 14.8 Å². The lowest BCUT2D eigenvalue weighted by Gasteiger charge is -2.35. The number of aromatic nitrogens is 1. The van der Waals surface area contributed by atoms with E-state index in [-0.39, 0.29) is 5.56 Å². The molecule has 0 radical (unpaired) electrons. The number of likely N-dealkylation sites (tertiary alicyclic amines) is 1. The van der Waals surface area contributed by atoms with Crippen LogP contribution in [-0.2, 0) is 18.3 Å². The molecule has 2 aromatic carbocycles. The van der Waals surface area contributed by atoms with E-state index in [0.29, 0.717) is 30.0 Å². The summed E-state index contributed by atoms with van der Waals surface area (Å²) in [7, 11) is 1.86. The number of carbonyl (C=O) groups is 2. The van der Waals surface area contributed by atoms with Crippen LogP contribution in [0.15, 0.2) is 54.7 Å². The van der Waals surface area contributed by atoms with Crippen molar-refractivity contribution in [1.82, 2.24) is 9.47 Å². The summed E-state index contributed by atoms with van der Waals surface area (Å²) in [6.07, 6.45) is 4.74. The standard InChI is InChI=1S/C24H26N2O4/c1-25-15-20(19-14-18(23(27)28)7-8-21(19)25)22(24(29)30)26-11-9-17(10-12-26)13-16-5-3-2-4-6-16/h2-8,14-15,17,22H,9-13H2,1H3,(H,27,28)(H,29,30)/t22-/m0/s1. The molecule has 1 aromatic heterocycles. The summed E-state index contributed by atoms with van der Waals surface area (Å²) in [5.74, 6) is -1.37. The summed E-state index contributed by atoms with van der Waals surface area (Å²) in [4.78, 5) is 25.7. The normalized spacial score (nSPS) is 16.6. The number of aromatic carboxylic acids is 1. The van der Waals surface area contributed by atoms with Crippen molar-refractivity contribution < 1.29 is 19.8 Å². The first-order valence-electron chi connectivity index (χ1n) is 10.3. The Kier molecular flexibility index (Phi) is 5.59. The molecular weight excluding hydrogens is 380 g/mol. The minimum atomic E-state index is -1.01. The second kappa shape index (κ2) is 8.32. The molecule has 2 heterocycles. The monoisotopic (exact) mass is 406 g/mol. The van der Waals surface area contributed by atoms with Gasteiger partial charge in [-0.1, -0.05) is 30.3 Å². The first-order valence-corrected chi connectivity index (χ1v) is 10.3. The summed E-state index contributed by atoms with van der Waals surface area (Å²) < 4.78 is 1.87. The molecule has 1 saturated heterocycles. The molecule has 0 aliphatic carbocycles. The number of aliphatic carboxylic acids is 1. The van der Waals surface area contributed by atoms with Gasteiger partial charge in [0.2, 0.25) is 0 Å².